The van der Waals surface area contributed by atoms with Gasteiger partial charge in [0, 0.05) is 6.07 Å². The molecule has 1 heterocycles. The third-order valence-corrected chi connectivity index (χ3v) is 5.49. The molecule has 3 rings (SSSR count). The van der Waals surface area contributed by atoms with E-state index in [-0.39, 0.29) is 16.6 Å². The van der Waals surface area contributed by atoms with Gasteiger partial charge in [0.15, 0.2) is 5.17 Å². The number of halogens is 1. The minimum Gasteiger partial charge on any atom is -0.497 e. The fraction of sp³-hybridized carbons (Fsp3) is 0.143. The number of amides is 4. The van der Waals surface area contributed by atoms with Crippen LogP contribution in [0.5, 0.6) is 11.5 Å². The molecule has 0 saturated carbocycles. The first kappa shape index (κ1) is 23.2. The monoisotopic (exact) mass is 474 g/mol. The molecule has 1 aliphatic rings. The van der Waals surface area contributed by atoms with E-state index >= 15 is 0 Å². The zero-order valence-electron chi connectivity index (χ0n) is 17.1. The molecule has 0 spiro atoms. The van der Waals surface area contributed by atoms with Gasteiger partial charge < -0.3 is 15.2 Å². The fourth-order valence-electron chi connectivity index (χ4n) is 2.77. The number of ether oxygens (including phenoxy) is 2. The van der Waals surface area contributed by atoms with Crippen LogP contribution >= 0.6 is 23.4 Å². The van der Waals surface area contributed by atoms with Crippen molar-refractivity contribution in [1.29, 1.82) is 0 Å². The standard InChI is InChI=1S/C21H19ClN4O5S/c1-30-14-6-3-12(4-7-14)9-16-19(28)26(13-5-8-15(22)17(10-13)31-2)21(24-16)32-11-18(27)25-20(23)29/h3-10H,11H2,1-2H3,(H3,23,25,27,29)/b16-9-. The lowest BCUT2D eigenvalue weighted by Crippen LogP contribution is -2.37. The molecule has 32 heavy (non-hydrogen) atoms. The number of imide groups is 1. The minimum absolute atomic E-state index is 0.168. The Bertz CT molecular complexity index is 1120. The average Bonchev–Trinajstić information content (AvgIpc) is 3.08. The molecule has 9 nitrogen and oxygen atoms in total. The third kappa shape index (κ3) is 5.40. The number of benzene rings is 2. The SMILES string of the molecule is COc1ccc(/C=C2\N=C(SCC(=O)NC(N)=O)N(c3ccc(Cl)c(OC)c3)C2=O)cc1. The van der Waals surface area contributed by atoms with E-state index in [0.29, 0.717) is 22.2 Å². The predicted molar refractivity (Wildman–Crippen MR) is 124 cm³/mol. The summed E-state index contributed by atoms with van der Waals surface area (Å²) in [6.45, 7) is 0. The lowest BCUT2D eigenvalue weighted by Gasteiger charge is -2.18. The Balaban J connectivity index is 1.94. The molecule has 0 atom stereocenters. The number of nitrogens with zero attached hydrogens (tertiary/aromatic N) is 2. The number of hydrogen-bond acceptors (Lipinski definition) is 7. The number of nitrogens with one attached hydrogen (secondary N) is 1. The van der Waals surface area contributed by atoms with Crippen molar-refractivity contribution in [2.24, 2.45) is 10.7 Å². The Hall–Kier alpha value is -3.50. The van der Waals surface area contributed by atoms with Gasteiger partial charge >= 0.3 is 6.03 Å². The average molecular weight is 475 g/mol. The minimum atomic E-state index is -0.959. The summed E-state index contributed by atoms with van der Waals surface area (Å²) in [4.78, 5) is 41.7. The van der Waals surface area contributed by atoms with Gasteiger partial charge in [0.05, 0.1) is 30.7 Å². The van der Waals surface area contributed by atoms with Gasteiger partial charge in [-0.05, 0) is 35.9 Å². The van der Waals surface area contributed by atoms with E-state index in [0.717, 1.165) is 17.3 Å². The molecule has 4 amide bonds. The van der Waals surface area contributed by atoms with Crippen LogP contribution in [0.15, 0.2) is 53.2 Å². The van der Waals surface area contributed by atoms with Gasteiger partial charge in [-0.1, -0.05) is 35.5 Å². The van der Waals surface area contributed by atoms with Crippen LogP contribution in [0.1, 0.15) is 5.56 Å². The van der Waals surface area contributed by atoms with Gasteiger partial charge in [-0.2, -0.15) is 0 Å². The number of rotatable bonds is 6. The van der Waals surface area contributed by atoms with Crippen LogP contribution in [0, 0.1) is 0 Å². The zero-order valence-corrected chi connectivity index (χ0v) is 18.7. The van der Waals surface area contributed by atoms with Crippen molar-refractivity contribution in [3.63, 3.8) is 0 Å². The summed E-state index contributed by atoms with van der Waals surface area (Å²) < 4.78 is 10.4. The number of methoxy groups -OCH3 is 2. The van der Waals surface area contributed by atoms with Crippen LogP contribution in [0.4, 0.5) is 10.5 Å². The molecule has 3 N–H and O–H groups in total. The van der Waals surface area contributed by atoms with E-state index in [4.69, 9.17) is 26.8 Å². The molecule has 0 aromatic heterocycles. The highest BCUT2D eigenvalue weighted by Crippen LogP contribution is 2.34. The quantitative estimate of drug-likeness (QED) is 0.620. The zero-order chi connectivity index (χ0) is 23.3. The first-order valence-electron chi connectivity index (χ1n) is 9.17. The molecule has 0 unspecified atom stereocenters. The highest BCUT2D eigenvalue weighted by atomic mass is 35.5. The number of urea groups is 1. The van der Waals surface area contributed by atoms with Crippen LogP contribution in [0.2, 0.25) is 5.02 Å². The van der Waals surface area contributed by atoms with Crippen molar-refractivity contribution in [1.82, 2.24) is 5.32 Å². The predicted octanol–water partition coefficient (Wildman–Crippen LogP) is 3.03. The first-order valence-corrected chi connectivity index (χ1v) is 10.5. The van der Waals surface area contributed by atoms with Crippen LogP contribution in [-0.4, -0.2) is 43.0 Å². The second-order valence-corrected chi connectivity index (χ2v) is 7.71. The number of hydrogen-bond donors (Lipinski definition) is 2. The summed E-state index contributed by atoms with van der Waals surface area (Å²) in [7, 11) is 3.03. The molecular formula is C21H19ClN4O5S. The van der Waals surface area contributed by atoms with Crippen molar-refractivity contribution in [3.05, 3.63) is 58.7 Å². The Morgan fingerprint density at radius 1 is 1.19 bits per heavy atom. The molecule has 0 bridgehead atoms. The molecule has 0 saturated heterocycles. The summed E-state index contributed by atoms with van der Waals surface area (Å²) in [6.07, 6.45) is 1.62. The summed E-state index contributed by atoms with van der Waals surface area (Å²) in [6, 6.07) is 11.0. The molecule has 0 radical (unpaired) electrons. The maximum Gasteiger partial charge on any atom is 0.318 e. The van der Waals surface area contributed by atoms with Gasteiger partial charge in [-0.25, -0.2) is 9.79 Å². The third-order valence-electron chi connectivity index (χ3n) is 4.24. The first-order chi connectivity index (χ1) is 15.3. The Labute approximate surface area is 193 Å². The summed E-state index contributed by atoms with van der Waals surface area (Å²) in [5, 5.41) is 2.60. The van der Waals surface area contributed by atoms with Crippen molar-refractivity contribution < 1.29 is 23.9 Å². The Morgan fingerprint density at radius 2 is 1.91 bits per heavy atom. The summed E-state index contributed by atoms with van der Waals surface area (Å²) >= 11 is 7.08. The lowest BCUT2D eigenvalue weighted by molar-refractivity contribution is -0.117. The van der Waals surface area contributed by atoms with Crippen molar-refractivity contribution in [2.75, 3.05) is 24.9 Å². The number of nitrogens with two attached hydrogens (primary N) is 1. The summed E-state index contributed by atoms with van der Waals surface area (Å²) in [5.41, 5.74) is 6.34. The second-order valence-electron chi connectivity index (χ2n) is 6.36. The van der Waals surface area contributed by atoms with Crippen molar-refractivity contribution in [3.8, 4) is 11.5 Å². The van der Waals surface area contributed by atoms with Crippen LogP contribution in [0.3, 0.4) is 0 Å². The van der Waals surface area contributed by atoms with Crippen LogP contribution in [0.25, 0.3) is 6.08 Å². The van der Waals surface area contributed by atoms with Crippen LogP contribution < -0.4 is 25.4 Å². The van der Waals surface area contributed by atoms with Crippen molar-refractivity contribution in [2.45, 2.75) is 0 Å². The molecule has 0 aliphatic carbocycles. The number of anilines is 1. The molecule has 2 aromatic rings. The highest BCUT2D eigenvalue weighted by Gasteiger charge is 2.33. The maximum absolute atomic E-state index is 13.2. The van der Waals surface area contributed by atoms with Crippen molar-refractivity contribution >= 4 is 58.1 Å². The number of carbonyl (C=O) groups is 3. The molecular weight excluding hydrogens is 456 g/mol. The molecule has 2 aromatic carbocycles. The molecule has 1 aliphatic heterocycles. The maximum atomic E-state index is 13.2. The van der Waals surface area contributed by atoms with E-state index < -0.39 is 17.8 Å². The molecule has 11 heteroatoms. The molecule has 0 fully saturated rings. The normalized spacial score (nSPS) is 14.3. The Morgan fingerprint density at radius 3 is 2.53 bits per heavy atom. The Kier molecular flexibility index (Phi) is 7.39. The lowest BCUT2D eigenvalue weighted by atomic mass is 10.2. The van der Waals surface area contributed by atoms with E-state index in [1.807, 2.05) is 5.32 Å². The van der Waals surface area contributed by atoms with Crippen LogP contribution in [-0.2, 0) is 9.59 Å². The topological polar surface area (TPSA) is 123 Å². The van der Waals surface area contributed by atoms with Gasteiger partial charge in [-0.3, -0.25) is 19.8 Å². The molecule has 166 valence electrons. The number of primary amides is 1. The number of thioether (sulfide) groups is 1. The van der Waals surface area contributed by atoms with E-state index in [9.17, 15) is 14.4 Å². The smallest absolute Gasteiger partial charge is 0.318 e. The van der Waals surface area contributed by atoms with Gasteiger partial charge in [0.25, 0.3) is 5.91 Å². The number of carbonyl (C=O) groups excluding carboxylic acids is 3. The summed E-state index contributed by atoms with van der Waals surface area (Å²) in [5.74, 6) is -0.131. The second kappa shape index (κ2) is 10.2. The highest BCUT2D eigenvalue weighted by molar-refractivity contribution is 8.14. The van der Waals surface area contributed by atoms with Gasteiger partial charge in [0.1, 0.15) is 17.2 Å². The van der Waals surface area contributed by atoms with Gasteiger partial charge in [0.2, 0.25) is 5.91 Å². The van der Waals surface area contributed by atoms with E-state index in [2.05, 4.69) is 4.99 Å². The van der Waals surface area contributed by atoms with Gasteiger partial charge in [-0.15, -0.1) is 0 Å². The largest absolute Gasteiger partial charge is 0.497 e. The van der Waals surface area contributed by atoms with E-state index in [1.54, 1.807) is 55.7 Å². The van der Waals surface area contributed by atoms with E-state index in [1.165, 1.54) is 12.0 Å². The number of aliphatic imine (C=N–C) groups is 1. The number of amidine groups is 1. The fourth-order valence-corrected chi connectivity index (χ4v) is 3.78.